The molecule has 1 aliphatic carbocycles. The summed E-state index contributed by atoms with van der Waals surface area (Å²) < 4.78 is 6.78. The first-order chi connectivity index (χ1) is 8.97. The van der Waals surface area contributed by atoms with Crippen LogP contribution >= 0.6 is 15.9 Å². The van der Waals surface area contributed by atoms with Crippen molar-refractivity contribution in [1.82, 2.24) is 0 Å². The number of hydrogen-bond donors (Lipinski definition) is 2. The number of carbonyl (C=O) groups is 1. The van der Waals surface area contributed by atoms with Crippen LogP contribution in [0.5, 0.6) is 5.75 Å². The smallest absolute Gasteiger partial charge is 0.303 e. The summed E-state index contributed by atoms with van der Waals surface area (Å²) >= 11 is 3.51. The summed E-state index contributed by atoms with van der Waals surface area (Å²) in [6.45, 7) is 1.99. The van der Waals surface area contributed by atoms with Crippen LogP contribution in [0.3, 0.4) is 0 Å². The number of rotatable bonds is 6. The highest BCUT2D eigenvalue weighted by Gasteiger charge is 2.27. The molecule has 104 valence electrons. The standard InChI is InChI=1S/C14H18BrNO3/c1-8-6-10(12(16)4-5-13(17)18)14(11(15)7-8)19-9-2-3-9/h6-7,9,12H,2-5,16H2,1H3,(H,17,18). The second-order valence-corrected chi connectivity index (χ2v) is 5.88. The lowest BCUT2D eigenvalue weighted by Crippen LogP contribution is -2.15. The molecule has 1 aromatic rings. The summed E-state index contributed by atoms with van der Waals surface area (Å²) in [5.41, 5.74) is 8.08. The zero-order valence-electron chi connectivity index (χ0n) is 10.9. The van der Waals surface area contributed by atoms with Gasteiger partial charge in [0.2, 0.25) is 0 Å². The van der Waals surface area contributed by atoms with Crippen molar-refractivity contribution in [3.8, 4) is 5.75 Å². The lowest BCUT2D eigenvalue weighted by Gasteiger charge is -2.18. The second-order valence-electron chi connectivity index (χ2n) is 5.02. The van der Waals surface area contributed by atoms with E-state index < -0.39 is 5.97 Å². The Labute approximate surface area is 121 Å². The molecule has 2 rings (SSSR count). The Hall–Kier alpha value is -1.07. The fraction of sp³-hybridized carbons (Fsp3) is 0.500. The summed E-state index contributed by atoms with van der Waals surface area (Å²) in [5.74, 6) is -0.0576. The van der Waals surface area contributed by atoms with Gasteiger partial charge >= 0.3 is 5.97 Å². The molecule has 1 aromatic carbocycles. The number of ether oxygens (including phenoxy) is 1. The first-order valence-corrected chi connectivity index (χ1v) is 7.20. The molecule has 19 heavy (non-hydrogen) atoms. The van der Waals surface area contributed by atoms with Crippen LogP contribution in [0.2, 0.25) is 0 Å². The molecule has 1 atom stereocenters. The van der Waals surface area contributed by atoms with Crippen LogP contribution in [0.15, 0.2) is 16.6 Å². The maximum Gasteiger partial charge on any atom is 0.303 e. The van der Waals surface area contributed by atoms with Gasteiger partial charge < -0.3 is 15.6 Å². The van der Waals surface area contributed by atoms with Gasteiger partial charge in [-0.25, -0.2) is 0 Å². The van der Waals surface area contributed by atoms with E-state index in [2.05, 4.69) is 15.9 Å². The normalized spacial score (nSPS) is 16.2. The number of aryl methyl sites for hydroxylation is 1. The molecular formula is C14H18BrNO3. The monoisotopic (exact) mass is 327 g/mol. The van der Waals surface area contributed by atoms with Gasteiger partial charge in [0.05, 0.1) is 10.6 Å². The highest BCUT2D eigenvalue weighted by atomic mass is 79.9. The first-order valence-electron chi connectivity index (χ1n) is 6.41. The lowest BCUT2D eigenvalue weighted by atomic mass is 10.00. The third kappa shape index (κ3) is 3.94. The molecular weight excluding hydrogens is 310 g/mol. The predicted molar refractivity (Wildman–Crippen MR) is 76.3 cm³/mol. The molecule has 0 amide bonds. The van der Waals surface area contributed by atoms with Gasteiger partial charge in [0.1, 0.15) is 5.75 Å². The van der Waals surface area contributed by atoms with Gasteiger partial charge in [0.25, 0.3) is 0 Å². The number of carboxylic acids is 1. The molecule has 1 aliphatic rings. The Balaban J connectivity index is 2.22. The molecule has 1 fully saturated rings. The maximum atomic E-state index is 10.6. The van der Waals surface area contributed by atoms with Gasteiger partial charge in [-0.2, -0.15) is 0 Å². The second kappa shape index (κ2) is 5.92. The number of nitrogens with two attached hydrogens (primary N) is 1. The van der Waals surface area contributed by atoms with Crippen LogP contribution in [-0.2, 0) is 4.79 Å². The van der Waals surface area contributed by atoms with Crippen molar-refractivity contribution in [3.05, 3.63) is 27.7 Å². The van der Waals surface area contributed by atoms with E-state index in [4.69, 9.17) is 15.6 Å². The predicted octanol–water partition coefficient (Wildman–Crippen LogP) is 3.16. The lowest BCUT2D eigenvalue weighted by molar-refractivity contribution is -0.137. The summed E-state index contributed by atoms with van der Waals surface area (Å²) in [7, 11) is 0. The third-order valence-electron chi connectivity index (χ3n) is 3.09. The number of benzene rings is 1. The van der Waals surface area contributed by atoms with Crippen LogP contribution in [0, 0.1) is 6.92 Å². The summed E-state index contributed by atoms with van der Waals surface area (Å²) in [4.78, 5) is 10.6. The SMILES string of the molecule is Cc1cc(Br)c(OC2CC2)c(C(N)CCC(=O)O)c1. The Kier molecular flexibility index (Phi) is 4.47. The van der Waals surface area contributed by atoms with Crippen LogP contribution in [0.4, 0.5) is 0 Å². The minimum absolute atomic E-state index is 0.0651. The molecule has 0 bridgehead atoms. The largest absolute Gasteiger partial charge is 0.489 e. The third-order valence-corrected chi connectivity index (χ3v) is 3.68. The van der Waals surface area contributed by atoms with Gasteiger partial charge in [-0.15, -0.1) is 0 Å². The van der Waals surface area contributed by atoms with E-state index in [-0.39, 0.29) is 18.6 Å². The van der Waals surface area contributed by atoms with E-state index in [9.17, 15) is 4.79 Å². The van der Waals surface area contributed by atoms with E-state index in [1.165, 1.54) is 0 Å². The van der Waals surface area contributed by atoms with E-state index in [1.807, 2.05) is 19.1 Å². The van der Waals surface area contributed by atoms with Crippen LogP contribution in [-0.4, -0.2) is 17.2 Å². The van der Waals surface area contributed by atoms with Crippen molar-refractivity contribution in [2.24, 2.45) is 5.73 Å². The maximum absolute atomic E-state index is 10.6. The Morgan fingerprint density at radius 3 is 2.84 bits per heavy atom. The molecule has 3 N–H and O–H groups in total. The molecule has 0 saturated heterocycles. The van der Waals surface area contributed by atoms with Gasteiger partial charge in [0.15, 0.2) is 0 Å². The fourth-order valence-electron chi connectivity index (χ4n) is 1.94. The van der Waals surface area contributed by atoms with Crippen molar-refractivity contribution < 1.29 is 14.6 Å². The van der Waals surface area contributed by atoms with Crippen LogP contribution < -0.4 is 10.5 Å². The minimum atomic E-state index is -0.827. The highest BCUT2D eigenvalue weighted by molar-refractivity contribution is 9.10. The first kappa shape index (κ1) is 14.3. The number of hydrogen-bond acceptors (Lipinski definition) is 3. The van der Waals surface area contributed by atoms with E-state index >= 15 is 0 Å². The Bertz CT molecular complexity index is 486. The molecule has 4 nitrogen and oxygen atoms in total. The molecule has 0 aliphatic heterocycles. The summed E-state index contributed by atoms with van der Waals surface area (Å²) in [5, 5.41) is 8.75. The summed E-state index contributed by atoms with van der Waals surface area (Å²) in [6, 6.07) is 3.65. The minimum Gasteiger partial charge on any atom is -0.489 e. The molecule has 0 spiro atoms. The fourth-order valence-corrected chi connectivity index (χ4v) is 2.63. The Morgan fingerprint density at radius 1 is 1.58 bits per heavy atom. The zero-order chi connectivity index (χ0) is 14.0. The van der Waals surface area contributed by atoms with E-state index in [1.54, 1.807) is 0 Å². The van der Waals surface area contributed by atoms with Crippen LogP contribution in [0.1, 0.15) is 42.9 Å². The summed E-state index contributed by atoms with van der Waals surface area (Å²) in [6.07, 6.45) is 2.90. The van der Waals surface area contributed by atoms with E-state index in [0.29, 0.717) is 6.42 Å². The van der Waals surface area contributed by atoms with Gasteiger partial charge in [-0.1, -0.05) is 6.07 Å². The molecule has 5 heteroatoms. The van der Waals surface area contributed by atoms with Crippen molar-refractivity contribution in [2.45, 2.75) is 44.8 Å². The molecule has 0 radical (unpaired) electrons. The molecule has 0 aromatic heterocycles. The number of carboxylic acid groups (broad SMARTS) is 1. The van der Waals surface area contributed by atoms with Crippen molar-refractivity contribution >= 4 is 21.9 Å². The highest BCUT2D eigenvalue weighted by Crippen LogP contribution is 2.38. The van der Waals surface area contributed by atoms with Gasteiger partial charge in [-0.3, -0.25) is 4.79 Å². The molecule has 0 heterocycles. The van der Waals surface area contributed by atoms with Gasteiger partial charge in [-0.05, 0) is 53.7 Å². The van der Waals surface area contributed by atoms with Crippen molar-refractivity contribution in [3.63, 3.8) is 0 Å². The zero-order valence-corrected chi connectivity index (χ0v) is 12.4. The van der Waals surface area contributed by atoms with Crippen LogP contribution in [0.25, 0.3) is 0 Å². The number of halogens is 1. The molecule has 1 saturated carbocycles. The van der Waals surface area contributed by atoms with Gasteiger partial charge in [0, 0.05) is 18.0 Å². The van der Waals surface area contributed by atoms with E-state index in [0.717, 1.165) is 34.2 Å². The Morgan fingerprint density at radius 2 is 2.26 bits per heavy atom. The van der Waals surface area contributed by atoms with Crippen molar-refractivity contribution in [2.75, 3.05) is 0 Å². The average molecular weight is 328 g/mol. The molecule has 1 unspecified atom stereocenters. The van der Waals surface area contributed by atoms with Crippen molar-refractivity contribution in [1.29, 1.82) is 0 Å². The topological polar surface area (TPSA) is 72.5 Å². The quantitative estimate of drug-likeness (QED) is 0.841. The number of aliphatic carboxylic acids is 1. The average Bonchev–Trinajstić information content (AvgIpc) is 3.13.